The number of ether oxygens (including phenoxy) is 2. The zero-order valence-electron chi connectivity index (χ0n) is 12.3. The molecule has 22 heavy (non-hydrogen) atoms. The summed E-state index contributed by atoms with van der Waals surface area (Å²) < 4.78 is 10.2. The molecular formula is C16H16N2O4. The van der Waals surface area contributed by atoms with Gasteiger partial charge >= 0.3 is 0 Å². The molecule has 2 amide bonds. The first-order valence-electron chi connectivity index (χ1n) is 6.54. The normalized spacial score (nSPS) is 9.73. The molecule has 2 aromatic rings. The van der Waals surface area contributed by atoms with Gasteiger partial charge in [0.2, 0.25) is 0 Å². The van der Waals surface area contributed by atoms with Crippen molar-refractivity contribution in [3.05, 3.63) is 59.7 Å². The number of hydrazine groups is 1. The third-order valence-electron chi connectivity index (χ3n) is 2.99. The lowest BCUT2D eigenvalue weighted by Gasteiger charge is -2.11. The van der Waals surface area contributed by atoms with Gasteiger partial charge in [0.05, 0.1) is 25.3 Å². The van der Waals surface area contributed by atoms with Crippen LogP contribution in [0.1, 0.15) is 20.7 Å². The van der Waals surface area contributed by atoms with E-state index >= 15 is 0 Å². The van der Waals surface area contributed by atoms with Crippen LogP contribution in [0.15, 0.2) is 48.5 Å². The minimum absolute atomic E-state index is 0.324. The van der Waals surface area contributed by atoms with Crippen molar-refractivity contribution in [1.82, 2.24) is 10.9 Å². The third kappa shape index (κ3) is 3.35. The van der Waals surface area contributed by atoms with Crippen LogP contribution in [0.5, 0.6) is 11.5 Å². The van der Waals surface area contributed by atoms with Gasteiger partial charge in [-0.1, -0.05) is 24.3 Å². The zero-order valence-corrected chi connectivity index (χ0v) is 12.3. The maximum absolute atomic E-state index is 12.1. The first-order valence-corrected chi connectivity index (χ1v) is 6.54. The van der Waals surface area contributed by atoms with Crippen molar-refractivity contribution >= 4 is 11.8 Å². The quantitative estimate of drug-likeness (QED) is 0.844. The minimum Gasteiger partial charge on any atom is -0.496 e. The molecule has 0 aliphatic heterocycles. The second-order valence-corrected chi connectivity index (χ2v) is 4.31. The highest BCUT2D eigenvalue weighted by atomic mass is 16.5. The summed E-state index contributed by atoms with van der Waals surface area (Å²) in [7, 11) is 2.94. The van der Waals surface area contributed by atoms with E-state index in [4.69, 9.17) is 9.47 Å². The molecule has 0 atom stereocenters. The van der Waals surface area contributed by atoms with E-state index in [9.17, 15) is 9.59 Å². The van der Waals surface area contributed by atoms with Gasteiger partial charge in [-0.15, -0.1) is 0 Å². The summed E-state index contributed by atoms with van der Waals surface area (Å²) in [6, 6.07) is 13.5. The number of hydrogen-bond acceptors (Lipinski definition) is 4. The molecule has 0 heterocycles. The predicted molar refractivity (Wildman–Crippen MR) is 80.9 cm³/mol. The highest BCUT2D eigenvalue weighted by Crippen LogP contribution is 2.18. The Morgan fingerprint density at radius 1 is 0.727 bits per heavy atom. The van der Waals surface area contributed by atoms with Gasteiger partial charge in [0.1, 0.15) is 11.5 Å². The lowest BCUT2D eigenvalue weighted by atomic mass is 10.2. The Bertz CT molecular complexity index is 626. The van der Waals surface area contributed by atoms with E-state index in [1.165, 1.54) is 14.2 Å². The number of carbonyl (C=O) groups is 2. The van der Waals surface area contributed by atoms with E-state index < -0.39 is 11.8 Å². The fraction of sp³-hybridized carbons (Fsp3) is 0.125. The van der Waals surface area contributed by atoms with Crippen LogP contribution in [0.2, 0.25) is 0 Å². The first kappa shape index (κ1) is 15.4. The Labute approximate surface area is 128 Å². The van der Waals surface area contributed by atoms with E-state index in [2.05, 4.69) is 10.9 Å². The Hall–Kier alpha value is -3.02. The Morgan fingerprint density at radius 3 is 1.45 bits per heavy atom. The average Bonchev–Trinajstić information content (AvgIpc) is 2.59. The fourth-order valence-electron chi connectivity index (χ4n) is 1.91. The highest BCUT2D eigenvalue weighted by molar-refractivity contribution is 6.01. The fourth-order valence-corrected chi connectivity index (χ4v) is 1.91. The standard InChI is InChI=1S/C16H16N2O4/c1-21-13-9-5-3-7-11(13)15(19)17-18-16(20)12-8-4-6-10-14(12)22-2/h3-10H,1-2H3,(H,17,19)(H,18,20). The summed E-state index contributed by atoms with van der Waals surface area (Å²) >= 11 is 0. The molecule has 0 aliphatic carbocycles. The van der Waals surface area contributed by atoms with Gasteiger partial charge in [-0.2, -0.15) is 0 Å². The molecule has 0 aromatic heterocycles. The summed E-state index contributed by atoms with van der Waals surface area (Å²) in [5.41, 5.74) is 5.35. The van der Waals surface area contributed by atoms with Crippen molar-refractivity contribution in [2.24, 2.45) is 0 Å². The van der Waals surface area contributed by atoms with Crippen molar-refractivity contribution in [2.75, 3.05) is 14.2 Å². The summed E-state index contributed by atoms with van der Waals surface area (Å²) in [5, 5.41) is 0. The molecule has 0 aliphatic rings. The van der Waals surface area contributed by atoms with E-state index in [-0.39, 0.29) is 0 Å². The molecule has 6 heteroatoms. The maximum atomic E-state index is 12.1. The molecule has 2 aromatic carbocycles. The average molecular weight is 300 g/mol. The van der Waals surface area contributed by atoms with Crippen molar-refractivity contribution in [3.63, 3.8) is 0 Å². The van der Waals surface area contributed by atoms with Crippen LogP contribution in [0, 0.1) is 0 Å². The summed E-state index contributed by atoms with van der Waals surface area (Å²) in [4.78, 5) is 24.2. The number of nitrogens with one attached hydrogen (secondary N) is 2. The molecule has 0 saturated carbocycles. The van der Waals surface area contributed by atoms with Crippen molar-refractivity contribution in [3.8, 4) is 11.5 Å². The molecule has 0 bridgehead atoms. The maximum Gasteiger partial charge on any atom is 0.273 e. The number of hydrogen-bond donors (Lipinski definition) is 2. The smallest absolute Gasteiger partial charge is 0.273 e. The molecule has 114 valence electrons. The van der Waals surface area contributed by atoms with Crippen LogP contribution in [0.4, 0.5) is 0 Å². The number of para-hydroxylation sites is 2. The largest absolute Gasteiger partial charge is 0.496 e. The number of amides is 2. The van der Waals surface area contributed by atoms with Gasteiger partial charge in [-0.3, -0.25) is 20.4 Å². The summed E-state index contributed by atoms with van der Waals surface area (Å²) in [6.45, 7) is 0. The Morgan fingerprint density at radius 2 is 1.09 bits per heavy atom. The molecule has 0 fully saturated rings. The number of rotatable bonds is 4. The number of benzene rings is 2. The molecule has 0 unspecified atom stereocenters. The van der Waals surface area contributed by atoms with E-state index in [1.807, 2.05) is 0 Å². The third-order valence-corrected chi connectivity index (χ3v) is 2.99. The summed E-state index contributed by atoms with van der Waals surface area (Å²) in [5.74, 6) is -0.0977. The number of carbonyl (C=O) groups excluding carboxylic acids is 2. The monoisotopic (exact) mass is 300 g/mol. The van der Waals surface area contributed by atoms with E-state index in [1.54, 1.807) is 48.5 Å². The number of methoxy groups -OCH3 is 2. The lowest BCUT2D eigenvalue weighted by Crippen LogP contribution is -2.41. The lowest BCUT2D eigenvalue weighted by molar-refractivity contribution is 0.0843. The van der Waals surface area contributed by atoms with Crippen LogP contribution in [-0.2, 0) is 0 Å². The van der Waals surface area contributed by atoms with E-state index in [0.29, 0.717) is 22.6 Å². The first-order chi connectivity index (χ1) is 10.7. The molecule has 2 N–H and O–H groups in total. The van der Waals surface area contributed by atoms with Gasteiger partial charge in [-0.25, -0.2) is 0 Å². The summed E-state index contributed by atoms with van der Waals surface area (Å²) in [6.07, 6.45) is 0. The Balaban J connectivity index is 2.06. The van der Waals surface area contributed by atoms with E-state index in [0.717, 1.165) is 0 Å². The highest BCUT2D eigenvalue weighted by Gasteiger charge is 2.15. The molecule has 0 radical (unpaired) electrons. The van der Waals surface area contributed by atoms with Gasteiger partial charge < -0.3 is 9.47 Å². The Kier molecular flexibility index (Phi) is 4.98. The van der Waals surface area contributed by atoms with Gasteiger partial charge in [0, 0.05) is 0 Å². The van der Waals surface area contributed by atoms with Crippen molar-refractivity contribution in [2.45, 2.75) is 0 Å². The van der Waals surface area contributed by atoms with Crippen LogP contribution in [0.3, 0.4) is 0 Å². The van der Waals surface area contributed by atoms with Crippen LogP contribution < -0.4 is 20.3 Å². The predicted octanol–water partition coefficient (Wildman–Crippen LogP) is 1.78. The molecule has 0 saturated heterocycles. The molecule has 2 rings (SSSR count). The molecule has 6 nitrogen and oxygen atoms in total. The van der Waals surface area contributed by atoms with Crippen LogP contribution >= 0.6 is 0 Å². The second kappa shape index (κ2) is 7.12. The van der Waals surface area contributed by atoms with Gasteiger partial charge in [-0.05, 0) is 24.3 Å². The SMILES string of the molecule is COc1ccccc1C(=O)NNC(=O)c1ccccc1OC. The van der Waals surface area contributed by atoms with Gasteiger partial charge in [0.25, 0.3) is 11.8 Å². The molecular weight excluding hydrogens is 284 g/mol. The van der Waals surface area contributed by atoms with Crippen LogP contribution in [-0.4, -0.2) is 26.0 Å². The van der Waals surface area contributed by atoms with Gasteiger partial charge in [0.15, 0.2) is 0 Å². The topological polar surface area (TPSA) is 76.7 Å². The van der Waals surface area contributed by atoms with Crippen molar-refractivity contribution in [1.29, 1.82) is 0 Å². The zero-order chi connectivity index (χ0) is 15.9. The minimum atomic E-state index is -0.472. The molecule has 0 spiro atoms. The van der Waals surface area contributed by atoms with Crippen LogP contribution in [0.25, 0.3) is 0 Å². The van der Waals surface area contributed by atoms with Crippen molar-refractivity contribution < 1.29 is 19.1 Å². The second-order valence-electron chi connectivity index (χ2n) is 4.31.